The Morgan fingerprint density at radius 2 is 1.88 bits per heavy atom. The van der Waals surface area contributed by atoms with Crippen molar-refractivity contribution in [2.45, 2.75) is 29.8 Å². The smallest absolute Gasteiger partial charge is 0.196 e. The van der Waals surface area contributed by atoms with E-state index in [0.717, 1.165) is 48.4 Å². The van der Waals surface area contributed by atoms with E-state index >= 15 is 0 Å². The van der Waals surface area contributed by atoms with Crippen LogP contribution in [0.4, 0.5) is 17.5 Å². The van der Waals surface area contributed by atoms with Crippen LogP contribution in [0.15, 0.2) is 46.5 Å². The molecule has 2 aliphatic rings. The van der Waals surface area contributed by atoms with Gasteiger partial charge in [0.15, 0.2) is 10.9 Å². The van der Waals surface area contributed by atoms with Gasteiger partial charge in [0.1, 0.15) is 22.9 Å². The van der Waals surface area contributed by atoms with E-state index in [1.807, 2.05) is 31.2 Å². The number of hydrogen-bond acceptors (Lipinski definition) is 9. The molecule has 174 valence electrons. The Kier molecular flexibility index (Phi) is 5.98. The standard InChI is InChI=1S/C24H26N8OS/c1-16-13-20(30-29-16)26-19-14-21(32-11-9-31(2)10-12-32)28-23(27-19)34-18-5-3-17(4-6-18)22(33)24(15-25)7-8-24/h3-6,13-14H,7-12H2,1-2H3,(H2,26,27,28,29,30). The number of H-pyrrole nitrogens is 1. The molecule has 0 atom stereocenters. The van der Waals surface area contributed by atoms with Gasteiger partial charge in [0.2, 0.25) is 0 Å². The number of ketones is 1. The number of Topliss-reactive ketones (excluding diaryl/α,β-unsaturated/α-hetero) is 1. The molecule has 5 rings (SSSR count). The van der Waals surface area contributed by atoms with Crippen molar-refractivity contribution in [1.29, 1.82) is 5.26 Å². The first-order chi connectivity index (χ1) is 16.4. The molecular formula is C24H26N8OS. The molecule has 1 saturated heterocycles. The highest BCUT2D eigenvalue weighted by atomic mass is 32.2. The SMILES string of the molecule is Cc1cc(Nc2cc(N3CCN(C)CC3)nc(Sc3ccc(C(=O)C4(C#N)CC4)cc3)n2)[nH]n1. The molecule has 1 aliphatic heterocycles. The van der Waals surface area contributed by atoms with Crippen molar-refractivity contribution in [2.75, 3.05) is 43.4 Å². The van der Waals surface area contributed by atoms with Crippen LogP contribution >= 0.6 is 11.8 Å². The fourth-order valence-electron chi connectivity index (χ4n) is 3.91. The van der Waals surface area contributed by atoms with Crippen LogP contribution in [0.1, 0.15) is 28.9 Å². The minimum atomic E-state index is -0.805. The number of aryl methyl sites for hydroxylation is 1. The van der Waals surface area contributed by atoms with Crippen molar-refractivity contribution >= 4 is 35.0 Å². The Bertz CT molecular complexity index is 1240. The third kappa shape index (κ3) is 4.76. The van der Waals surface area contributed by atoms with E-state index in [1.54, 1.807) is 12.1 Å². The van der Waals surface area contributed by atoms with Crippen molar-refractivity contribution in [1.82, 2.24) is 25.1 Å². The quantitative estimate of drug-likeness (QED) is 0.391. The molecule has 2 aromatic heterocycles. The number of rotatable bonds is 7. The maximum absolute atomic E-state index is 12.6. The first kappa shape index (κ1) is 22.4. The van der Waals surface area contributed by atoms with Gasteiger partial charge in [-0.2, -0.15) is 10.4 Å². The van der Waals surface area contributed by atoms with Crippen molar-refractivity contribution < 1.29 is 4.79 Å². The van der Waals surface area contributed by atoms with Crippen LogP contribution in [-0.2, 0) is 0 Å². The number of nitrogens with one attached hydrogen (secondary N) is 2. The van der Waals surface area contributed by atoms with Crippen LogP contribution in [0.25, 0.3) is 0 Å². The predicted molar refractivity (Wildman–Crippen MR) is 131 cm³/mol. The fourth-order valence-corrected chi connectivity index (χ4v) is 4.68. The molecule has 0 amide bonds. The zero-order chi connectivity index (χ0) is 23.7. The molecule has 1 aliphatic carbocycles. The highest BCUT2D eigenvalue weighted by Gasteiger charge is 2.50. The van der Waals surface area contributed by atoms with Gasteiger partial charge in [-0.1, -0.05) is 12.1 Å². The summed E-state index contributed by atoms with van der Waals surface area (Å²) >= 11 is 1.44. The summed E-state index contributed by atoms with van der Waals surface area (Å²) in [4.78, 5) is 27.7. The third-order valence-corrected chi connectivity index (χ3v) is 7.09. The summed E-state index contributed by atoms with van der Waals surface area (Å²) in [6.07, 6.45) is 1.30. The zero-order valence-corrected chi connectivity index (χ0v) is 20.0. The van der Waals surface area contributed by atoms with Gasteiger partial charge < -0.3 is 15.1 Å². The number of aromatic nitrogens is 4. The number of carbonyl (C=O) groups excluding carboxylic acids is 1. The zero-order valence-electron chi connectivity index (χ0n) is 19.2. The van der Waals surface area contributed by atoms with Crippen molar-refractivity contribution in [3.05, 3.63) is 47.7 Å². The summed E-state index contributed by atoms with van der Waals surface area (Å²) < 4.78 is 0. The van der Waals surface area contributed by atoms with E-state index in [1.165, 1.54) is 11.8 Å². The van der Waals surface area contributed by atoms with E-state index in [4.69, 9.17) is 9.97 Å². The van der Waals surface area contributed by atoms with Crippen LogP contribution in [0.5, 0.6) is 0 Å². The van der Waals surface area contributed by atoms with Crippen LogP contribution in [0.2, 0.25) is 0 Å². The van der Waals surface area contributed by atoms with E-state index in [2.05, 4.69) is 38.4 Å². The number of hydrogen-bond donors (Lipinski definition) is 2. The Morgan fingerprint density at radius 3 is 2.50 bits per heavy atom. The molecule has 2 N–H and O–H groups in total. The molecule has 3 heterocycles. The average molecular weight is 475 g/mol. The number of benzene rings is 1. The first-order valence-corrected chi connectivity index (χ1v) is 12.1. The molecule has 1 saturated carbocycles. The van der Waals surface area contributed by atoms with Gasteiger partial charge in [0.25, 0.3) is 0 Å². The Labute approximate surface area is 202 Å². The largest absolute Gasteiger partial charge is 0.354 e. The molecule has 0 radical (unpaired) electrons. The van der Waals surface area contributed by atoms with Gasteiger partial charge in [0.05, 0.1) is 11.8 Å². The van der Waals surface area contributed by atoms with E-state index in [-0.39, 0.29) is 5.78 Å². The lowest BCUT2D eigenvalue weighted by molar-refractivity contribution is 0.0934. The van der Waals surface area contributed by atoms with Gasteiger partial charge >= 0.3 is 0 Å². The molecule has 0 bridgehead atoms. The number of nitrogens with zero attached hydrogens (tertiary/aromatic N) is 6. The van der Waals surface area contributed by atoms with Crippen LogP contribution < -0.4 is 10.2 Å². The number of nitriles is 1. The minimum absolute atomic E-state index is 0.0822. The average Bonchev–Trinajstić information content (AvgIpc) is 3.54. The maximum atomic E-state index is 12.6. The second-order valence-corrected chi connectivity index (χ2v) is 9.92. The summed E-state index contributed by atoms with van der Waals surface area (Å²) in [5.74, 6) is 2.25. The Balaban J connectivity index is 1.38. The van der Waals surface area contributed by atoms with Gasteiger partial charge in [0, 0.05) is 48.8 Å². The summed E-state index contributed by atoms with van der Waals surface area (Å²) in [6, 6.07) is 13.4. The highest BCUT2D eigenvalue weighted by Crippen LogP contribution is 2.47. The van der Waals surface area contributed by atoms with Crippen molar-refractivity contribution in [2.24, 2.45) is 5.41 Å². The predicted octanol–water partition coefficient (Wildman–Crippen LogP) is 3.64. The lowest BCUT2D eigenvalue weighted by atomic mass is 9.96. The van der Waals surface area contributed by atoms with Crippen LogP contribution in [-0.4, -0.2) is 64.1 Å². The van der Waals surface area contributed by atoms with Gasteiger partial charge in [-0.25, -0.2) is 9.97 Å². The van der Waals surface area contributed by atoms with E-state index < -0.39 is 5.41 Å². The minimum Gasteiger partial charge on any atom is -0.354 e. The molecule has 9 nitrogen and oxygen atoms in total. The first-order valence-electron chi connectivity index (χ1n) is 11.3. The third-order valence-electron chi connectivity index (χ3n) is 6.21. The van der Waals surface area contributed by atoms with E-state index in [9.17, 15) is 10.1 Å². The maximum Gasteiger partial charge on any atom is 0.196 e. The van der Waals surface area contributed by atoms with Gasteiger partial charge in [-0.05, 0) is 50.7 Å². The van der Waals surface area contributed by atoms with Gasteiger partial charge in [-0.3, -0.25) is 9.89 Å². The number of anilines is 3. The summed E-state index contributed by atoms with van der Waals surface area (Å²) in [5, 5.41) is 20.4. The number of aromatic amines is 1. The molecule has 3 aromatic rings. The summed E-state index contributed by atoms with van der Waals surface area (Å²) in [6.45, 7) is 5.69. The van der Waals surface area contributed by atoms with Crippen molar-refractivity contribution in [3.8, 4) is 6.07 Å². The molecular weight excluding hydrogens is 448 g/mol. The normalized spacial score (nSPS) is 17.3. The summed E-state index contributed by atoms with van der Waals surface area (Å²) in [7, 11) is 2.13. The molecule has 0 unspecified atom stereocenters. The topological polar surface area (TPSA) is 114 Å². The van der Waals surface area contributed by atoms with Crippen LogP contribution in [0, 0.1) is 23.7 Å². The Morgan fingerprint density at radius 1 is 1.15 bits per heavy atom. The second-order valence-electron chi connectivity index (χ2n) is 8.88. The second kappa shape index (κ2) is 9.08. The number of piperazine rings is 1. The lowest BCUT2D eigenvalue weighted by Crippen LogP contribution is -2.44. The molecule has 1 aromatic carbocycles. The molecule has 2 fully saturated rings. The highest BCUT2D eigenvalue weighted by molar-refractivity contribution is 7.99. The molecule has 0 spiro atoms. The van der Waals surface area contributed by atoms with Crippen molar-refractivity contribution in [3.63, 3.8) is 0 Å². The molecule has 34 heavy (non-hydrogen) atoms. The number of likely N-dealkylation sites (N-methyl/N-ethyl adjacent to an activating group) is 1. The van der Waals surface area contributed by atoms with Gasteiger partial charge in [-0.15, -0.1) is 0 Å². The summed E-state index contributed by atoms with van der Waals surface area (Å²) in [5.41, 5.74) is 0.664. The van der Waals surface area contributed by atoms with Crippen LogP contribution in [0.3, 0.4) is 0 Å². The monoisotopic (exact) mass is 474 g/mol. The molecule has 10 heteroatoms. The van der Waals surface area contributed by atoms with E-state index in [0.29, 0.717) is 29.4 Å². The lowest BCUT2D eigenvalue weighted by Gasteiger charge is -2.33. The Hall–Kier alpha value is -3.42. The fraction of sp³-hybridized carbons (Fsp3) is 0.375. The number of carbonyl (C=O) groups is 1.